The number of benzene rings is 9. The van der Waals surface area contributed by atoms with Crippen molar-refractivity contribution in [2.75, 3.05) is 4.90 Å². The molecule has 0 fully saturated rings. The molecule has 0 bridgehead atoms. The highest BCUT2D eigenvalue weighted by molar-refractivity contribution is 6.19. The van der Waals surface area contributed by atoms with Crippen molar-refractivity contribution in [2.24, 2.45) is 0 Å². The van der Waals surface area contributed by atoms with Crippen LogP contribution in [-0.2, 0) is 0 Å². The van der Waals surface area contributed by atoms with Crippen molar-refractivity contribution in [3.05, 3.63) is 200 Å². The molecule has 10 rings (SSSR count). The number of fused-ring (bicyclic) bond motifs is 6. The Kier molecular flexibility index (Phi) is 7.18. The van der Waals surface area contributed by atoms with E-state index < -0.39 is 0 Å². The van der Waals surface area contributed by atoms with E-state index in [9.17, 15) is 0 Å². The van der Waals surface area contributed by atoms with Gasteiger partial charge in [0.2, 0.25) is 0 Å². The van der Waals surface area contributed by atoms with Gasteiger partial charge in [0.15, 0.2) is 0 Å². The fourth-order valence-corrected chi connectivity index (χ4v) is 7.59. The Bertz CT molecular complexity index is 2870. The highest BCUT2D eigenvalue weighted by atomic mass is 16.3. The average Bonchev–Trinajstić information content (AvgIpc) is 3.61. The smallest absolute Gasteiger partial charge is 0.136 e. The van der Waals surface area contributed by atoms with Crippen LogP contribution in [0, 0.1) is 0 Å². The highest BCUT2D eigenvalue weighted by Crippen LogP contribution is 2.39. The van der Waals surface area contributed by atoms with Crippen LogP contribution in [0.3, 0.4) is 0 Å². The first kappa shape index (κ1) is 30.0. The molecule has 9 aromatic carbocycles. The van der Waals surface area contributed by atoms with Gasteiger partial charge in [-0.2, -0.15) is 0 Å². The predicted molar refractivity (Wildman–Crippen MR) is 220 cm³/mol. The van der Waals surface area contributed by atoms with Gasteiger partial charge in [-0.15, -0.1) is 0 Å². The normalized spacial score (nSPS) is 11.5. The van der Waals surface area contributed by atoms with Crippen LogP contribution < -0.4 is 4.90 Å². The quantitative estimate of drug-likeness (QED) is 0.176. The number of para-hydroxylation sites is 1. The third-order valence-corrected chi connectivity index (χ3v) is 10.3. The third kappa shape index (κ3) is 5.30. The van der Waals surface area contributed by atoms with E-state index in [4.69, 9.17) is 4.42 Å². The Hall–Kier alpha value is -6.90. The monoisotopic (exact) mass is 663 g/mol. The predicted octanol–water partition coefficient (Wildman–Crippen LogP) is 14.4. The van der Waals surface area contributed by atoms with E-state index in [-0.39, 0.29) is 0 Å². The van der Waals surface area contributed by atoms with Gasteiger partial charge < -0.3 is 9.32 Å². The summed E-state index contributed by atoms with van der Waals surface area (Å²) in [5, 5.41) is 7.24. The molecular formula is C50H33NO. The van der Waals surface area contributed by atoms with Crippen LogP contribution in [0.15, 0.2) is 205 Å². The summed E-state index contributed by atoms with van der Waals surface area (Å²) in [7, 11) is 0. The Morgan fingerprint density at radius 3 is 1.44 bits per heavy atom. The van der Waals surface area contributed by atoms with Crippen LogP contribution in [0.2, 0.25) is 0 Å². The van der Waals surface area contributed by atoms with Crippen LogP contribution in [0.5, 0.6) is 0 Å². The van der Waals surface area contributed by atoms with Gasteiger partial charge in [0.1, 0.15) is 11.2 Å². The minimum Gasteiger partial charge on any atom is -0.456 e. The first-order chi connectivity index (χ1) is 25.7. The van der Waals surface area contributed by atoms with Crippen molar-refractivity contribution in [1.29, 1.82) is 0 Å². The molecule has 0 aliphatic rings. The molecule has 1 aromatic heterocycles. The number of anilines is 3. The Morgan fingerprint density at radius 2 is 0.769 bits per heavy atom. The summed E-state index contributed by atoms with van der Waals surface area (Å²) in [6.45, 7) is 0. The molecule has 1 heterocycles. The first-order valence-electron chi connectivity index (χ1n) is 17.7. The zero-order valence-corrected chi connectivity index (χ0v) is 28.4. The Morgan fingerprint density at radius 1 is 0.288 bits per heavy atom. The molecule has 0 N–H and O–H groups in total. The van der Waals surface area contributed by atoms with Gasteiger partial charge in [-0.25, -0.2) is 0 Å². The summed E-state index contributed by atoms with van der Waals surface area (Å²) in [6, 6.07) is 71.8. The van der Waals surface area contributed by atoms with Gasteiger partial charge in [0.25, 0.3) is 0 Å². The molecule has 0 amide bonds. The summed E-state index contributed by atoms with van der Waals surface area (Å²) in [6.07, 6.45) is 0. The molecule has 0 saturated heterocycles. The number of hydrogen-bond acceptors (Lipinski definition) is 2. The van der Waals surface area contributed by atoms with Gasteiger partial charge in [0, 0.05) is 27.8 Å². The SMILES string of the molecule is c1ccc(-c2ccc(N(c3ccc(-c4ccc5ccccc5c4)cc3)c3ccc(-c4ccc5c(ccc6oc7ccccc7c65)c4)cc3)cc2)cc1. The summed E-state index contributed by atoms with van der Waals surface area (Å²) in [5.41, 5.74) is 12.3. The molecule has 2 nitrogen and oxygen atoms in total. The molecule has 0 aliphatic carbocycles. The first-order valence-corrected chi connectivity index (χ1v) is 17.7. The van der Waals surface area contributed by atoms with Gasteiger partial charge in [-0.05, 0) is 116 Å². The van der Waals surface area contributed by atoms with E-state index in [1.807, 2.05) is 12.1 Å². The second-order valence-electron chi connectivity index (χ2n) is 13.4. The lowest BCUT2D eigenvalue weighted by atomic mass is 9.98. The Balaban J connectivity index is 1.02. The lowest BCUT2D eigenvalue weighted by molar-refractivity contribution is 0.669. The van der Waals surface area contributed by atoms with E-state index in [1.165, 1.54) is 60.3 Å². The molecule has 244 valence electrons. The second kappa shape index (κ2) is 12.5. The van der Waals surface area contributed by atoms with Gasteiger partial charge in [-0.3, -0.25) is 0 Å². The zero-order chi connectivity index (χ0) is 34.4. The number of rotatable bonds is 6. The van der Waals surface area contributed by atoms with E-state index in [0.29, 0.717) is 0 Å². The molecule has 52 heavy (non-hydrogen) atoms. The molecule has 0 saturated carbocycles. The largest absolute Gasteiger partial charge is 0.456 e. The number of hydrogen-bond donors (Lipinski definition) is 0. The topological polar surface area (TPSA) is 16.4 Å². The fraction of sp³-hybridized carbons (Fsp3) is 0. The molecule has 0 radical (unpaired) electrons. The maximum Gasteiger partial charge on any atom is 0.136 e. The summed E-state index contributed by atoms with van der Waals surface area (Å²) < 4.78 is 6.15. The summed E-state index contributed by atoms with van der Waals surface area (Å²) >= 11 is 0. The van der Waals surface area contributed by atoms with Crippen LogP contribution in [0.1, 0.15) is 0 Å². The van der Waals surface area contributed by atoms with Crippen molar-refractivity contribution in [3.63, 3.8) is 0 Å². The van der Waals surface area contributed by atoms with E-state index >= 15 is 0 Å². The summed E-state index contributed by atoms with van der Waals surface area (Å²) in [4.78, 5) is 2.34. The van der Waals surface area contributed by atoms with Gasteiger partial charge in [0.05, 0.1) is 0 Å². The van der Waals surface area contributed by atoms with Crippen LogP contribution in [0.4, 0.5) is 17.1 Å². The lowest BCUT2D eigenvalue weighted by Gasteiger charge is -2.26. The van der Waals surface area contributed by atoms with Gasteiger partial charge >= 0.3 is 0 Å². The van der Waals surface area contributed by atoms with Crippen LogP contribution >= 0.6 is 0 Å². The van der Waals surface area contributed by atoms with Crippen molar-refractivity contribution >= 4 is 60.5 Å². The highest BCUT2D eigenvalue weighted by Gasteiger charge is 2.15. The number of nitrogens with zero attached hydrogens (tertiary/aromatic N) is 1. The van der Waals surface area contributed by atoms with E-state index in [2.05, 4.69) is 193 Å². The third-order valence-electron chi connectivity index (χ3n) is 10.3. The second-order valence-corrected chi connectivity index (χ2v) is 13.4. The average molecular weight is 664 g/mol. The molecule has 10 aromatic rings. The molecule has 0 spiro atoms. The summed E-state index contributed by atoms with van der Waals surface area (Å²) in [5.74, 6) is 0. The minimum atomic E-state index is 0.923. The maximum atomic E-state index is 6.15. The van der Waals surface area contributed by atoms with Crippen molar-refractivity contribution in [3.8, 4) is 33.4 Å². The minimum absolute atomic E-state index is 0.923. The van der Waals surface area contributed by atoms with Crippen molar-refractivity contribution in [2.45, 2.75) is 0 Å². The molecule has 0 aliphatic heterocycles. The van der Waals surface area contributed by atoms with Gasteiger partial charge in [-0.1, -0.05) is 140 Å². The fourth-order valence-electron chi connectivity index (χ4n) is 7.59. The number of furan rings is 1. The standard InChI is InChI=1S/C50H33NO/c1-2-8-34(9-3-1)36-16-24-43(25-17-36)51(44-26-18-37(19-27-44)40-15-14-35-10-4-5-11-39(35)32-40)45-28-20-38(21-29-45)41-22-30-46-42(33-41)23-31-49-50(46)47-12-6-7-13-48(47)52-49/h1-33H. The Labute approximate surface area is 302 Å². The molecule has 0 unspecified atom stereocenters. The molecule has 2 heteroatoms. The molecule has 0 atom stereocenters. The van der Waals surface area contributed by atoms with E-state index in [0.717, 1.165) is 33.6 Å². The van der Waals surface area contributed by atoms with E-state index in [1.54, 1.807) is 0 Å². The van der Waals surface area contributed by atoms with Crippen LogP contribution in [-0.4, -0.2) is 0 Å². The zero-order valence-electron chi connectivity index (χ0n) is 28.4. The lowest BCUT2D eigenvalue weighted by Crippen LogP contribution is -2.09. The van der Waals surface area contributed by atoms with Crippen molar-refractivity contribution < 1.29 is 4.42 Å². The maximum absolute atomic E-state index is 6.15. The molecular weight excluding hydrogens is 631 g/mol. The van der Waals surface area contributed by atoms with Crippen LogP contribution in [0.25, 0.3) is 76.9 Å². The van der Waals surface area contributed by atoms with Crippen molar-refractivity contribution in [1.82, 2.24) is 0 Å².